The molecule has 2 aromatic carbocycles. The molecule has 0 spiro atoms. The molecule has 0 bridgehead atoms. The SMILES string of the molecule is OC(CNCC1COc2ccccc2O1)c1ccc2c(c1)OCO2. The fraction of sp³-hybridized carbons (Fsp3) is 0.333. The summed E-state index contributed by atoms with van der Waals surface area (Å²) in [6.07, 6.45) is -0.708. The standard InChI is InChI=1S/C18H19NO5/c20-14(12-5-6-16-18(7-12)23-11-22-16)9-19-8-13-10-21-15-3-1-2-4-17(15)24-13/h1-7,13-14,19-20H,8-11H2. The molecule has 0 amide bonds. The summed E-state index contributed by atoms with van der Waals surface area (Å²) in [6, 6.07) is 13.1. The van der Waals surface area contributed by atoms with Crippen molar-refractivity contribution in [3.8, 4) is 23.0 Å². The molecule has 0 saturated heterocycles. The molecule has 4 rings (SSSR count). The second-order valence-electron chi connectivity index (χ2n) is 5.78. The molecule has 2 aliphatic rings. The molecule has 2 heterocycles. The predicted octanol–water partition coefficient (Wildman–Crippen LogP) is 1.88. The average molecular weight is 329 g/mol. The van der Waals surface area contributed by atoms with Gasteiger partial charge in [-0.25, -0.2) is 0 Å². The maximum atomic E-state index is 10.3. The number of ether oxygens (including phenoxy) is 4. The number of aliphatic hydroxyl groups excluding tert-OH is 1. The van der Waals surface area contributed by atoms with Gasteiger partial charge in [0.1, 0.15) is 12.7 Å². The van der Waals surface area contributed by atoms with Crippen LogP contribution in [-0.2, 0) is 0 Å². The van der Waals surface area contributed by atoms with Crippen molar-refractivity contribution in [3.05, 3.63) is 48.0 Å². The zero-order valence-corrected chi connectivity index (χ0v) is 13.1. The van der Waals surface area contributed by atoms with Crippen molar-refractivity contribution in [2.45, 2.75) is 12.2 Å². The summed E-state index contributed by atoms with van der Waals surface area (Å²) in [7, 11) is 0. The average Bonchev–Trinajstić information content (AvgIpc) is 3.09. The summed E-state index contributed by atoms with van der Waals surface area (Å²) >= 11 is 0. The van der Waals surface area contributed by atoms with Gasteiger partial charge in [0.05, 0.1) is 6.10 Å². The number of para-hydroxylation sites is 2. The third-order valence-electron chi connectivity index (χ3n) is 4.06. The first-order valence-corrected chi connectivity index (χ1v) is 7.96. The van der Waals surface area contributed by atoms with Crippen LogP contribution in [0.25, 0.3) is 0 Å². The van der Waals surface area contributed by atoms with Crippen LogP contribution in [0.3, 0.4) is 0 Å². The molecular formula is C18H19NO5. The lowest BCUT2D eigenvalue weighted by Gasteiger charge is -2.27. The van der Waals surface area contributed by atoms with Crippen molar-refractivity contribution < 1.29 is 24.1 Å². The lowest BCUT2D eigenvalue weighted by atomic mass is 10.1. The summed E-state index contributed by atoms with van der Waals surface area (Å²) in [5.41, 5.74) is 0.790. The van der Waals surface area contributed by atoms with E-state index in [-0.39, 0.29) is 12.9 Å². The van der Waals surface area contributed by atoms with Gasteiger partial charge in [0.25, 0.3) is 0 Å². The Kier molecular flexibility index (Phi) is 4.15. The van der Waals surface area contributed by atoms with Crippen LogP contribution in [0.4, 0.5) is 0 Å². The van der Waals surface area contributed by atoms with Crippen molar-refractivity contribution in [2.75, 3.05) is 26.5 Å². The van der Waals surface area contributed by atoms with E-state index in [9.17, 15) is 5.11 Å². The first kappa shape index (κ1) is 15.1. The quantitative estimate of drug-likeness (QED) is 0.873. The van der Waals surface area contributed by atoms with E-state index in [1.165, 1.54) is 0 Å². The minimum absolute atomic E-state index is 0.0798. The topological polar surface area (TPSA) is 69.2 Å². The number of nitrogens with one attached hydrogen (secondary N) is 1. The first-order chi connectivity index (χ1) is 11.8. The highest BCUT2D eigenvalue weighted by molar-refractivity contribution is 5.45. The molecule has 6 nitrogen and oxygen atoms in total. The highest BCUT2D eigenvalue weighted by Crippen LogP contribution is 2.34. The van der Waals surface area contributed by atoms with Crippen LogP contribution in [0, 0.1) is 0 Å². The largest absolute Gasteiger partial charge is 0.486 e. The van der Waals surface area contributed by atoms with Crippen LogP contribution in [0.5, 0.6) is 23.0 Å². The van der Waals surface area contributed by atoms with Crippen LogP contribution in [-0.4, -0.2) is 37.7 Å². The highest BCUT2D eigenvalue weighted by atomic mass is 16.7. The van der Waals surface area contributed by atoms with Gasteiger partial charge in [-0.1, -0.05) is 18.2 Å². The number of hydrogen-bond acceptors (Lipinski definition) is 6. The van der Waals surface area contributed by atoms with Crippen LogP contribution in [0.2, 0.25) is 0 Å². The minimum Gasteiger partial charge on any atom is -0.486 e. The lowest BCUT2D eigenvalue weighted by molar-refractivity contribution is 0.0858. The molecule has 0 fully saturated rings. The summed E-state index contributed by atoms with van der Waals surface area (Å²) < 4.78 is 22.1. The lowest BCUT2D eigenvalue weighted by Crippen LogP contribution is -2.39. The Balaban J connectivity index is 1.28. The number of hydrogen-bond donors (Lipinski definition) is 2. The second kappa shape index (κ2) is 6.59. The van der Waals surface area contributed by atoms with Crippen molar-refractivity contribution in [1.29, 1.82) is 0 Å². The van der Waals surface area contributed by atoms with Gasteiger partial charge in [-0.2, -0.15) is 0 Å². The number of rotatable bonds is 5. The van der Waals surface area contributed by atoms with E-state index < -0.39 is 6.10 Å². The van der Waals surface area contributed by atoms with Crippen LogP contribution >= 0.6 is 0 Å². The Morgan fingerprint density at radius 3 is 2.71 bits per heavy atom. The van der Waals surface area contributed by atoms with E-state index in [0.29, 0.717) is 31.2 Å². The van der Waals surface area contributed by atoms with E-state index in [0.717, 1.165) is 17.1 Å². The van der Waals surface area contributed by atoms with Crippen molar-refractivity contribution in [3.63, 3.8) is 0 Å². The van der Waals surface area contributed by atoms with E-state index in [1.54, 1.807) is 0 Å². The summed E-state index contributed by atoms with van der Waals surface area (Å²) in [6.45, 7) is 1.73. The van der Waals surface area contributed by atoms with Crippen molar-refractivity contribution >= 4 is 0 Å². The van der Waals surface area contributed by atoms with Crippen LogP contribution < -0.4 is 24.3 Å². The van der Waals surface area contributed by atoms with E-state index in [1.807, 2.05) is 42.5 Å². The molecule has 0 radical (unpaired) electrons. The van der Waals surface area contributed by atoms with Gasteiger partial charge < -0.3 is 29.4 Å². The third-order valence-corrected chi connectivity index (χ3v) is 4.06. The van der Waals surface area contributed by atoms with Gasteiger partial charge in [0, 0.05) is 13.1 Å². The maximum Gasteiger partial charge on any atom is 0.231 e. The smallest absolute Gasteiger partial charge is 0.231 e. The van der Waals surface area contributed by atoms with Crippen LogP contribution in [0.1, 0.15) is 11.7 Å². The van der Waals surface area contributed by atoms with E-state index in [4.69, 9.17) is 18.9 Å². The molecular weight excluding hydrogens is 310 g/mol. The van der Waals surface area contributed by atoms with Gasteiger partial charge in [-0.15, -0.1) is 0 Å². The zero-order chi connectivity index (χ0) is 16.4. The molecule has 0 aliphatic carbocycles. The predicted molar refractivity (Wildman–Crippen MR) is 86.7 cm³/mol. The molecule has 126 valence electrons. The molecule has 2 aromatic rings. The first-order valence-electron chi connectivity index (χ1n) is 7.96. The second-order valence-corrected chi connectivity index (χ2v) is 5.78. The van der Waals surface area contributed by atoms with E-state index >= 15 is 0 Å². The molecule has 2 unspecified atom stereocenters. The minimum atomic E-state index is -0.628. The number of benzene rings is 2. The van der Waals surface area contributed by atoms with Crippen molar-refractivity contribution in [1.82, 2.24) is 5.32 Å². The van der Waals surface area contributed by atoms with Gasteiger partial charge >= 0.3 is 0 Å². The van der Waals surface area contributed by atoms with Gasteiger partial charge in [0.15, 0.2) is 23.0 Å². The molecule has 2 aliphatic heterocycles. The van der Waals surface area contributed by atoms with Gasteiger partial charge in [0.2, 0.25) is 6.79 Å². The summed E-state index contributed by atoms with van der Waals surface area (Å²) in [5.74, 6) is 2.92. The summed E-state index contributed by atoms with van der Waals surface area (Å²) in [5, 5.41) is 13.5. The Morgan fingerprint density at radius 2 is 1.79 bits per heavy atom. The Hall–Kier alpha value is -2.44. The fourth-order valence-corrected chi connectivity index (χ4v) is 2.78. The Morgan fingerprint density at radius 1 is 1.00 bits per heavy atom. The normalized spacial score (nSPS) is 19.1. The Labute approximate surface area is 139 Å². The third kappa shape index (κ3) is 3.11. The molecule has 2 N–H and O–H groups in total. The molecule has 0 saturated carbocycles. The maximum absolute atomic E-state index is 10.3. The number of fused-ring (bicyclic) bond motifs is 2. The molecule has 6 heteroatoms. The van der Waals surface area contributed by atoms with Crippen molar-refractivity contribution in [2.24, 2.45) is 0 Å². The number of aliphatic hydroxyl groups is 1. The van der Waals surface area contributed by atoms with Crippen LogP contribution in [0.15, 0.2) is 42.5 Å². The molecule has 2 atom stereocenters. The highest BCUT2D eigenvalue weighted by Gasteiger charge is 2.21. The summed E-state index contributed by atoms with van der Waals surface area (Å²) in [4.78, 5) is 0. The zero-order valence-electron chi connectivity index (χ0n) is 13.1. The van der Waals surface area contributed by atoms with Gasteiger partial charge in [-0.3, -0.25) is 0 Å². The molecule has 24 heavy (non-hydrogen) atoms. The molecule has 0 aromatic heterocycles. The van der Waals surface area contributed by atoms with Gasteiger partial charge in [-0.05, 0) is 29.8 Å². The van der Waals surface area contributed by atoms with E-state index in [2.05, 4.69) is 5.32 Å². The Bertz CT molecular complexity index is 720. The monoisotopic (exact) mass is 329 g/mol. The fourth-order valence-electron chi connectivity index (χ4n) is 2.78.